The van der Waals surface area contributed by atoms with Crippen molar-refractivity contribution in [1.29, 1.82) is 0 Å². The quantitative estimate of drug-likeness (QED) is 0.821. The second-order valence-electron chi connectivity index (χ2n) is 5.14. The monoisotopic (exact) mass is 269 g/mol. The van der Waals surface area contributed by atoms with Crippen molar-refractivity contribution in [1.82, 2.24) is 5.32 Å². The first-order valence-corrected chi connectivity index (χ1v) is 6.36. The van der Waals surface area contributed by atoms with Crippen LogP contribution in [0, 0.1) is 11.2 Å². The van der Waals surface area contributed by atoms with Gasteiger partial charge in [-0.3, -0.25) is 0 Å². The Morgan fingerprint density at radius 2 is 2.26 bits per heavy atom. The Morgan fingerprint density at radius 3 is 2.74 bits per heavy atom. The topological polar surface area (TPSA) is 50.7 Å². The molecule has 0 radical (unpaired) electrons. The molecule has 0 saturated carbocycles. The Hall–Kier alpha value is -1.17. The van der Waals surface area contributed by atoms with E-state index in [-0.39, 0.29) is 23.9 Å². The molecule has 1 aromatic rings. The summed E-state index contributed by atoms with van der Waals surface area (Å²) in [5, 5.41) is 12.6. The molecule has 2 N–H and O–H groups in total. The lowest BCUT2D eigenvalue weighted by molar-refractivity contribution is -0.135. The van der Waals surface area contributed by atoms with Gasteiger partial charge in [-0.05, 0) is 13.0 Å². The zero-order chi connectivity index (χ0) is 13.9. The van der Waals surface area contributed by atoms with E-state index in [9.17, 15) is 9.50 Å². The zero-order valence-corrected chi connectivity index (χ0v) is 11.3. The lowest BCUT2D eigenvalue weighted by atomic mass is 9.86. The number of hydrogen-bond acceptors (Lipinski definition) is 4. The Kier molecular flexibility index (Phi) is 4.39. The van der Waals surface area contributed by atoms with Gasteiger partial charge in [0.05, 0.1) is 32.3 Å². The van der Waals surface area contributed by atoms with Crippen LogP contribution >= 0.6 is 0 Å². The second kappa shape index (κ2) is 5.86. The van der Waals surface area contributed by atoms with Crippen molar-refractivity contribution in [3.63, 3.8) is 0 Å². The Morgan fingerprint density at radius 1 is 1.53 bits per heavy atom. The summed E-state index contributed by atoms with van der Waals surface area (Å²) in [6.45, 7) is 3.69. The van der Waals surface area contributed by atoms with Gasteiger partial charge in [-0.2, -0.15) is 0 Å². The second-order valence-corrected chi connectivity index (χ2v) is 5.14. The minimum absolute atomic E-state index is 0.0812. The zero-order valence-electron chi connectivity index (χ0n) is 11.3. The molecule has 1 aliphatic rings. The molecule has 4 nitrogen and oxygen atoms in total. The maximum atomic E-state index is 13.9. The van der Waals surface area contributed by atoms with Crippen LogP contribution in [0.15, 0.2) is 18.2 Å². The van der Waals surface area contributed by atoms with Gasteiger partial charge in [0.15, 0.2) is 0 Å². The first-order chi connectivity index (χ1) is 9.10. The number of aliphatic hydroxyl groups is 1. The summed E-state index contributed by atoms with van der Waals surface area (Å²) in [5.41, 5.74) is 0.381. The summed E-state index contributed by atoms with van der Waals surface area (Å²) in [5.74, 6) is 0.218. The van der Waals surface area contributed by atoms with Gasteiger partial charge in [-0.1, -0.05) is 6.07 Å². The molecule has 0 bridgehead atoms. The van der Waals surface area contributed by atoms with E-state index < -0.39 is 0 Å². The summed E-state index contributed by atoms with van der Waals surface area (Å²) < 4.78 is 24.0. The number of aliphatic hydroxyl groups excluding tert-OH is 1. The van der Waals surface area contributed by atoms with Crippen molar-refractivity contribution < 1.29 is 19.0 Å². The van der Waals surface area contributed by atoms with Crippen molar-refractivity contribution in [2.24, 2.45) is 5.41 Å². The van der Waals surface area contributed by atoms with Crippen LogP contribution < -0.4 is 10.1 Å². The van der Waals surface area contributed by atoms with E-state index in [4.69, 9.17) is 9.47 Å². The molecule has 2 rings (SSSR count). The molecule has 0 spiro atoms. The molecule has 5 heteroatoms. The summed E-state index contributed by atoms with van der Waals surface area (Å²) in [7, 11) is 1.51. The van der Waals surface area contributed by atoms with Crippen LogP contribution in [-0.4, -0.2) is 38.6 Å². The summed E-state index contributed by atoms with van der Waals surface area (Å²) in [4.78, 5) is 0. The first kappa shape index (κ1) is 14.2. The van der Waals surface area contributed by atoms with E-state index in [2.05, 4.69) is 5.32 Å². The molecular weight excluding hydrogens is 249 g/mol. The van der Waals surface area contributed by atoms with Gasteiger partial charge in [0, 0.05) is 24.2 Å². The van der Waals surface area contributed by atoms with E-state index in [0.29, 0.717) is 31.1 Å². The van der Waals surface area contributed by atoms with E-state index >= 15 is 0 Å². The van der Waals surface area contributed by atoms with Crippen LogP contribution in [0.3, 0.4) is 0 Å². The SMILES string of the molecule is COc1ccc(C(C)NCC2(CO)COC2)c(F)c1. The third kappa shape index (κ3) is 3.05. The molecule has 0 aromatic heterocycles. The molecule has 0 amide bonds. The van der Waals surface area contributed by atoms with E-state index in [1.54, 1.807) is 12.1 Å². The highest BCUT2D eigenvalue weighted by molar-refractivity contribution is 5.30. The maximum Gasteiger partial charge on any atom is 0.131 e. The first-order valence-electron chi connectivity index (χ1n) is 6.36. The third-order valence-corrected chi connectivity index (χ3v) is 3.61. The van der Waals surface area contributed by atoms with Gasteiger partial charge in [-0.25, -0.2) is 4.39 Å². The third-order valence-electron chi connectivity index (χ3n) is 3.61. The van der Waals surface area contributed by atoms with Crippen molar-refractivity contribution in [3.05, 3.63) is 29.6 Å². The molecule has 1 unspecified atom stereocenters. The Bertz CT molecular complexity index is 429. The molecule has 1 heterocycles. The van der Waals surface area contributed by atoms with E-state index in [1.165, 1.54) is 13.2 Å². The summed E-state index contributed by atoms with van der Waals surface area (Å²) >= 11 is 0. The standard InChI is InChI=1S/C14H20FNO3/c1-10(16-6-14(7-17)8-19-9-14)12-4-3-11(18-2)5-13(12)15/h3-5,10,16-17H,6-9H2,1-2H3. The summed E-state index contributed by atoms with van der Waals surface area (Å²) in [6, 6.07) is 4.70. The van der Waals surface area contributed by atoms with Crippen LogP contribution in [0.2, 0.25) is 0 Å². The highest BCUT2D eigenvalue weighted by atomic mass is 19.1. The van der Waals surface area contributed by atoms with Crippen molar-refractivity contribution in [2.75, 3.05) is 33.5 Å². The fourth-order valence-electron chi connectivity index (χ4n) is 2.11. The van der Waals surface area contributed by atoms with Crippen molar-refractivity contribution in [3.8, 4) is 5.75 Å². The molecular formula is C14H20FNO3. The number of methoxy groups -OCH3 is 1. The van der Waals surface area contributed by atoms with E-state index in [1.807, 2.05) is 6.92 Å². The average molecular weight is 269 g/mol. The predicted octanol–water partition coefficient (Wildman–Crippen LogP) is 1.49. The van der Waals surface area contributed by atoms with Gasteiger partial charge >= 0.3 is 0 Å². The van der Waals surface area contributed by atoms with Crippen molar-refractivity contribution in [2.45, 2.75) is 13.0 Å². The molecule has 1 saturated heterocycles. The van der Waals surface area contributed by atoms with Crippen molar-refractivity contribution >= 4 is 0 Å². The van der Waals surface area contributed by atoms with Crippen LogP contribution in [0.5, 0.6) is 5.75 Å². The molecule has 1 aliphatic heterocycles. The van der Waals surface area contributed by atoms with Gasteiger partial charge in [0.1, 0.15) is 11.6 Å². The molecule has 1 aromatic carbocycles. The number of ether oxygens (including phenoxy) is 2. The van der Waals surface area contributed by atoms with Crippen LogP contribution in [0.1, 0.15) is 18.5 Å². The largest absolute Gasteiger partial charge is 0.497 e. The fraction of sp³-hybridized carbons (Fsp3) is 0.571. The molecule has 106 valence electrons. The van der Waals surface area contributed by atoms with Crippen LogP contribution in [0.4, 0.5) is 4.39 Å². The molecule has 19 heavy (non-hydrogen) atoms. The average Bonchev–Trinajstić information content (AvgIpc) is 2.37. The Balaban J connectivity index is 1.97. The van der Waals surface area contributed by atoms with Gasteiger partial charge in [-0.15, -0.1) is 0 Å². The van der Waals surface area contributed by atoms with Gasteiger partial charge in [0.25, 0.3) is 0 Å². The molecule has 1 atom stereocenters. The number of nitrogens with one attached hydrogen (secondary N) is 1. The fourth-order valence-corrected chi connectivity index (χ4v) is 2.11. The smallest absolute Gasteiger partial charge is 0.131 e. The number of hydrogen-bond donors (Lipinski definition) is 2. The maximum absolute atomic E-state index is 13.9. The minimum Gasteiger partial charge on any atom is -0.497 e. The lowest BCUT2D eigenvalue weighted by Crippen LogP contribution is -2.52. The predicted molar refractivity (Wildman–Crippen MR) is 69.7 cm³/mol. The number of halogens is 1. The van der Waals surface area contributed by atoms with Gasteiger partial charge < -0.3 is 19.9 Å². The van der Waals surface area contributed by atoms with Gasteiger partial charge in [0.2, 0.25) is 0 Å². The number of rotatable bonds is 6. The highest BCUT2D eigenvalue weighted by Crippen LogP contribution is 2.27. The van der Waals surface area contributed by atoms with Crippen LogP contribution in [-0.2, 0) is 4.74 Å². The normalized spacial score (nSPS) is 18.7. The minimum atomic E-state index is -0.290. The van der Waals surface area contributed by atoms with Crippen LogP contribution in [0.25, 0.3) is 0 Å². The lowest BCUT2D eigenvalue weighted by Gasteiger charge is -2.40. The van der Waals surface area contributed by atoms with E-state index in [0.717, 1.165) is 0 Å². The Labute approximate surface area is 112 Å². The number of benzene rings is 1. The highest BCUT2D eigenvalue weighted by Gasteiger charge is 2.38. The summed E-state index contributed by atoms with van der Waals surface area (Å²) in [6.07, 6.45) is 0. The molecule has 0 aliphatic carbocycles. The molecule has 1 fully saturated rings.